The van der Waals surface area contributed by atoms with Crippen molar-refractivity contribution < 1.29 is 9.59 Å². The van der Waals surface area contributed by atoms with Crippen molar-refractivity contribution >= 4 is 39.1 Å². The van der Waals surface area contributed by atoms with E-state index in [9.17, 15) is 9.59 Å². The zero-order valence-electron chi connectivity index (χ0n) is 12.9. The second kappa shape index (κ2) is 8.67. The van der Waals surface area contributed by atoms with Gasteiger partial charge in [0.15, 0.2) is 0 Å². The van der Waals surface area contributed by atoms with Gasteiger partial charge in [-0.25, -0.2) is 0 Å². The van der Waals surface area contributed by atoms with E-state index in [-0.39, 0.29) is 11.8 Å². The Kier molecular flexibility index (Phi) is 6.89. The maximum atomic E-state index is 12.0. The zero-order valence-corrected chi connectivity index (χ0v) is 15.3. The van der Waals surface area contributed by atoms with Gasteiger partial charge in [-0.1, -0.05) is 25.7 Å². The monoisotopic (exact) mass is 386 g/mol. The first-order valence-corrected chi connectivity index (χ1v) is 9.51. The lowest BCUT2D eigenvalue weighted by molar-refractivity contribution is -0.122. The van der Waals surface area contributed by atoms with Crippen LogP contribution in [0.3, 0.4) is 0 Å². The summed E-state index contributed by atoms with van der Waals surface area (Å²) < 4.78 is 0.904. The summed E-state index contributed by atoms with van der Waals surface area (Å²) in [7, 11) is 0. The fraction of sp³-hybridized carbons (Fsp3) is 0.625. The smallest absolute Gasteiger partial charge is 0.262 e. The van der Waals surface area contributed by atoms with Crippen LogP contribution in [0, 0.1) is 5.92 Å². The van der Waals surface area contributed by atoms with E-state index in [0.29, 0.717) is 11.4 Å². The Labute approximate surface area is 144 Å². The van der Waals surface area contributed by atoms with Crippen LogP contribution < -0.4 is 10.6 Å². The van der Waals surface area contributed by atoms with Crippen LogP contribution in [-0.2, 0) is 4.79 Å². The second-order valence-corrected chi connectivity index (χ2v) is 8.35. The third-order valence-corrected chi connectivity index (χ3v) is 5.72. The molecule has 1 aromatic rings. The fourth-order valence-corrected chi connectivity index (χ4v) is 4.11. The molecule has 1 atom stereocenters. The van der Waals surface area contributed by atoms with E-state index in [0.717, 1.165) is 16.1 Å². The van der Waals surface area contributed by atoms with Crippen molar-refractivity contribution in [3.05, 3.63) is 20.8 Å². The molecule has 22 heavy (non-hydrogen) atoms. The molecule has 2 N–H and O–H groups in total. The number of nitrogens with one attached hydrogen (secondary N) is 2. The number of carbonyl (C=O) groups is 2. The molecule has 1 heterocycles. The Hall–Kier alpha value is -0.880. The Morgan fingerprint density at radius 2 is 2.09 bits per heavy atom. The molecule has 1 saturated carbocycles. The molecule has 1 aromatic heterocycles. The summed E-state index contributed by atoms with van der Waals surface area (Å²) in [4.78, 5) is 24.6. The standard InChI is InChI=1S/C16H23BrN2O2S/c1-11(19-16(21)13-8-9-14(17)22-13)15(20)18-10-4-7-12-5-2-3-6-12/h8-9,11-12H,2-7,10H2,1H3,(H,18,20)(H,19,21). The molecule has 2 amide bonds. The molecule has 1 aliphatic rings. The number of carbonyl (C=O) groups excluding carboxylic acids is 2. The minimum atomic E-state index is -0.514. The number of amides is 2. The minimum absolute atomic E-state index is 0.115. The quantitative estimate of drug-likeness (QED) is 0.701. The van der Waals surface area contributed by atoms with Gasteiger partial charge in [0.2, 0.25) is 5.91 Å². The van der Waals surface area contributed by atoms with Crippen LogP contribution in [0.5, 0.6) is 0 Å². The molecule has 0 aliphatic heterocycles. The van der Waals surface area contributed by atoms with Gasteiger partial charge in [0.1, 0.15) is 6.04 Å². The molecule has 0 spiro atoms. The lowest BCUT2D eigenvalue weighted by atomic mass is 10.0. The highest BCUT2D eigenvalue weighted by molar-refractivity contribution is 9.11. The first-order valence-electron chi connectivity index (χ1n) is 7.90. The van der Waals surface area contributed by atoms with E-state index in [1.165, 1.54) is 43.4 Å². The summed E-state index contributed by atoms with van der Waals surface area (Å²) in [5.41, 5.74) is 0. The van der Waals surface area contributed by atoms with E-state index >= 15 is 0 Å². The molecule has 4 nitrogen and oxygen atoms in total. The highest BCUT2D eigenvalue weighted by atomic mass is 79.9. The Bertz CT molecular complexity index is 512. The van der Waals surface area contributed by atoms with Gasteiger partial charge in [-0.3, -0.25) is 9.59 Å². The number of hydrogen-bond acceptors (Lipinski definition) is 3. The van der Waals surface area contributed by atoms with Crippen LogP contribution >= 0.6 is 27.3 Å². The van der Waals surface area contributed by atoms with E-state index in [4.69, 9.17) is 0 Å². The normalized spacial score (nSPS) is 16.5. The van der Waals surface area contributed by atoms with E-state index in [2.05, 4.69) is 26.6 Å². The molecular formula is C16H23BrN2O2S. The maximum Gasteiger partial charge on any atom is 0.262 e. The molecule has 2 rings (SSSR count). The van der Waals surface area contributed by atoms with Crippen molar-refractivity contribution in [1.82, 2.24) is 10.6 Å². The summed E-state index contributed by atoms with van der Waals surface area (Å²) >= 11 is 4.68. The van der Waals surface area contributed by atoms with Gasteiger partial charge >= 0.3 is 0 Å². The van der Waals surface area contributed by atoms with Crippen molar-refractivity contribution in [3.63, 3.8) is 0 Å². The molecule has 0 saturated heterocycles. The lowest BCUT2D eigenvalue weighted by Crippen LogP contribution is -2.44. The van der Waals surface area contributed by atoms with Gasteiger partial charge in [0.05, 0.1) is 8.66 Å². The van der Waals surface area contributed by atoms with Gasteiger partial charge in [-0.15, -0.1) is 11.3 Å². The minimum Gasteiger partial charge on any atom is -0.354 e. The van der Waals surface area contributed by atoms with Crippen molar-refractivity contribution in [2.24, 2.45) is 5.92 Å². The molecule has 6 heteroatoms. The number of rotatable bonds is 7. The highest BCUT2D eigenvalue weighted by Gasteiger charge is 2.18. The number of hydrogen-bond donors (Lipinski definition) is 2. The predicted octanol–water partition coefficient (Wildman–Crippen LogP) is 3.72. The summed E-state index contributed by atoms with van der Waals surface area (Å²) in [5.74, 6) is 0.533. The average molecular weight is 387 g/mol. The van der Waals surface area contributed by atoms with Crippen molar-refractivity contribution in [3.8, 4) is 0 Å². The Morgan fingerprint density at radius 3 is 2.73 bits per heavy atom. The summed E-state index contributed by atoms with van der Waals surface area (Å²) in [6, 6.07) is 3.06. The van der Waals surface area contributed by atoms with E-state index < -0.39 is 6.04 Å². The van der Waals surface area contributed by atoms with Crippen LogP contribution in [0.4, 0.5) is 0 Å². The summed E-state index contributed by atoms with van der Waals surface area (Å²) in [6.07, 6.45) is 7.63. The predicted molar refractivity (Wildman–Crippen MR) is 93.1 cm³/mol. The first kappa shape index (κ1) is 17.5. The fourth-order valence-electron chi connectivity index (χ4n) is 2.82. The first-order chi connectivity index (χ1) is 10.6. The van der Waals surface area contributed by atoms with Gasteiger partial charge in [-0.2, -0.15) is 0 Å². The van der Waals surface area contributed by atoms with Crippen LogP contribution in [-0.4, -0.2) is 24.4 Å². The average Bonchev–Trinajstić information content (AvgIpc) is 3.14. The molecule has 1 unspecified atom stereocenters. The van der Waals surface area contributed by atoms with Crippen LogP contribution in [0.1, 0.15) is 55.1 Å². The largest absolute Gasteiger partial charge is 0.354 e. The molecule has 0 bridgehead atoms. The van der Waals surface area contributed by atoms with Gasteiger partial charge in [0.25, 0.3) is 5.91 Å². The van der Waals surface area contributed by atoms with Crippen LogP contribution in [0.2, 0.25) is 0 Å². The van der Waals surface area contributed by atoms with E-state index in [1.54, 1.807) is 13.0 Å². The Morgan fingerprint density at radius 1 is 1.36 bits per heavy atom. The molecule has 0 aromatic carbocycles. The zero-order chi connectivity index (χ0) is 15.9. The third kappa shape index (κ3) is 5.39. The van der Waals surface area contributed by atoms with Crippen molar-refractivity contribution in [2.75, 3.05) is 6.54 Å². The van der Waals surface area contributed by atoms with E-state index in [1.807, 2.05) is 6.07 Å². The van der Waals surface area contributed by atoms with Crippen LogP contribution in [0.15, 0.2) is 15.9 Å². The van der Waals surface area contributed by atoms with Crippen molar-refractivity contribution in [1.29, 1.82) is 0 Å². The second-order valence-electron chi connectivity index (χ2n) is 5.88. The van der Waals surface area contributed by atoms with Crippen molar-refractivity contribution in [2.45, 2.75) is 51.5 Å². The summed E-state index contributed by atoms with van der Waals surface area (Å²) in [5, 5.41) is 5.64. The molecule has 1 aliphatic carbocycles. The molecule has 0 radical (unpaired) electrons. The highest BCUT2D eigenvalue weighted by Crippen LogP contribution is 2.28. The molecular weight excluding hydrogens is 364 g/mol. The van der Waals surface area contributed by atoms with Crippen LogP contribution in [0.25, 0.3) is 0 Å². The topological polar surface area (TPSA) is 58.2 Å². The number of thiophene rings is 1. The Balaban J connectivity index is 1.64. The summed E-state index contributed by atoms with van der Waals surface area (Å²) in [6.45, 7) is 2.41. The molecule has 1 fully saturated rings. The molecule has 122 valence electrons. The third-order valence-electron chi connectivity index (χ3n) is 4.10. The number of halogens is 1. The van der Waals surface area contributed by atoms with Gasteiger partial charge in [-0.05, 0) is 53.7 Å². The van der Waals surface area contributed by atoms with Gasteiger partial charge < -0.3 is 10.6 Å². The maximum absolute atomic E-state index is 12.0. The lowest BCUT2D eigenvalue weighted by Gasteiger charge is -2.14. The van der Waals surface area contributed by atoms with Gasteiger partial charge in [0, 0.05) is 6.54 Å². The SMILES string of the molecule is CC(NC(=O)c1ccc(Br)s1)C(=O)NCCCC1CCCC1.